The highest BCUT2D eigenvalue weighted by Gasteiger charge is 2.41. The molecule has 21 aromatic carbocycles. The monoisotopic (exact) mass is 1640 g/mol. The van der Waals surface area contributed by atoms with Crippen molar-refractivity contribution in [2.45, 2.75) is 57.8 Å². The van der Waals surface area contributed by atoms with Gasteiger partial charge in [0.1, 0.15) is 0 Å². The van der Waals surface area contributed by atoms with E-state index in [1.807, 2.05) is 30.3 Å². The second kappa shape index (κ2) is 32.2. The molecule has 0 bridgehead atoms. The Kier molecular flexibility index (Phi) is 19.7. The van der Waals surface area contributed by atoms with Crippen molar-refractivity contribution in [2.75, 3.05) is 0 Å². The Morgan fingerprint density at radius 1 is 0.194 bits per heavy atom. The van der Waals surface area contributed by atoms with E-state index in [0.717, 1.165) is 16.7 Å². The number of fused-ring (bicyclic) bond motifs is 15. The zero-order chi connectivity index (χ0) is 87.1. The summed E-state index contributed by atoms with van der Waals surface area (Å²) in [6.07, 6.45) is 4.55. The summed E-state index contributed by atoms with van der Waals surface area (Å²) in [5, 5.41) is 24.3. The summed E-state index contributed by atoms with van der Waals surface area (Å²) in [5.74, 6) is 7.08. The average molecular weight is 1640 g/mol. The van der Waals surface area contributed by atoms with Gasteiger partial charge < -0.3 is 0 Å². The molecule has 24 rings (SSSR count). The van der Waals surface area contributed by atoms with Crippen molar-refractivity contribution < 1.29 is 0 Å². The van der Waals surface area contributed by atoms with Gasteiger partial charge in [-0.25, -0.2) is 0 Å². The molecule has 0 saturated carbocycles. The summed E-state index contributed by atoms with van der Waals surface area (Å²) < 4.78 is 0. The van der Waals surface area contributed by atoms with E-state index in [-0.39, 0.29) is 16.2 Å². The molecule has 3 aliphatic rings. The molecule has 0 saturated heterocycles. The van der Waals surface area contributed by atoms with Crippen LogP contribution in [0.1, 0.15) is 103 Å². The molecule has 0 heterocycles. The zero-order valence-electron chi connectivity index (χ0n) is 73.1. The quantitative estimate of drug-likeness (QED) is 0.0803. The molecule has 0 unspecified atom stereocenters. The second-order valence-corrected chi connectivity index (χ2v) is 36.0. The third-order valence-corrected chi connectivity index (χ3v) is 27.7. The Morgan fingerprint density at radius 3 is 0.930 bits per heavy atom. The molecule has 129 heavy (non-hydrogen) atoms. The number of benzene rings is 21. The minimum atomic E-state index is -0.0782. The fourth-order valence-electron chi connectivity index (χ4n) is 21.5. The van der Waals surface area contributed by atoms with Crippen LogP contribution in [0, 0.1) is 23.2 Å². The van der Waals surface area contributed by atoms with E-state index >= 15 is 0 Å². The van der Waals surface area contributed by atoms with Gasteiger partial charge in [0.2, 0.25) is 0 Å². The molecular formula is C128H91N. The highest BCUT2D eigenvalue weighted by atomic mass is 14.4. The van der Waals surface area contributed by atoms with E-state index in [0.29, 0.717) is 5.56 Å². The van der Waals surface area contributed by atoms with Crippen LogP contribution in [-0.4, -0.2) is 0 Å². The number of hydrogen-bond donors (Lipinski definition) is 0. The van der Waals surface area contributed by atoms with E-state index < -0.39 is 0 Å². The first-order valence-corrected chi connectivity index (χ1v) is 44.9. The molecule has 1 heteroatoms. The van der Waals surface area contributed by atoms with Gasteiger partial charge in [-0.1, -0.05) is 454 Å². The smallest absolute Gasteiger partial charge is 0.0991 e. The van der Waals surface area contributed by atoms with E-state index in [2.05, 4.69) is 472 Å². The first-order chi connectivity index (χ1) is 63.3. The van der Waals surface area contributed by atoms with E-state index in [1.165, 1.54) is 215 Å². The third-order valence-electron chi connectivity index (χ3n) is 27.7. The van der Waals surface area contributed by atoms with E-state index in [9.17, 15) is 5.26 Å². The van der Waals surface area contributed by atoms with Gasteiger partial charge in [0.15, 0.2) is 0 Å². The highest BCUT2D eigenvalue weighted by molar-refractivity contribution is 6.25. The number of nitrogens with zero attached hydrogens (tertiary/aromatic N) is 1. The summed E-state index contributed by atoms with van der Waals surface area (Å²) in [6, 6.07) is 158. The fraction of sp³-hybridized carbons (Fsp3) is 0.0703. The van der Waals surface area contributed by atoms with Crippen molar-refractivity contribution >= 4 is 76.8 Å². The van der Waals surface area contributed by atoms with Crippen LogP contribution in [0.3, 0.4) is 0 Å². The molecule has 3 aliphatic carbocycles. The maximum Gasteiger partial charge on any atom is 0.0991 e. The number of hydrogen-bond acceptors (Lipinski definition) is 1. The lowest BCUT2D eigenvalue weighted by atomic mass is 9.80. The molecule has 0 radical (unpaired) electrons. The van der Waals surface area contributed by atoms with Crippen molar-refractivity contribution in [1.82, 2.24) is 0 Å². The van der Waals surface area contributed by atoms with E-state index in [1.54, 1.807) is 0 Å². The van der Waals surface area contributed by atoms with Crippen LogP contribution in [0.25, 0.3) is 188 Å². The lowest BCUT2D eigenvalue weighted by Gasteiger charge is -2.23. The molecule has 0 amide bonds. The maximum atomic E-state index is 9.48. The van der Waals surface area contributed by atoms with Crippen LogP contribution in [0.5, 0.6) is 0 Å². The lowest BCUT2D eigenvalue weighted by molar-refractivity contribution is 0.660. The summed E-state index contributed by atoms with van der Waals surface area (Å²) in [6.45, 7) is 14.1. The summed E-state index contributed by atoms with van der Waals surface area (Å²) in [5.41, 5.74) is 38.7. The average Bonchev–Trinajstić information content (AvgIpc) is 1.63. The van der Waals surface area contributed by atoms with Gasteiger partial charge in [-0.3, -0.25) is 0 Å². The molecule has 0 atom stereocenters. The zero-order valence-corrected chi connectivity index (χ0v) is 73.1. The van der Waals surface area contributed by atoms with E-state index in [4.69, 9.17) is 0 Å². The van der Waals surface area contributed by atoms with Gasteiger partial charge >= 0.3 is 0 Å². The van der Waals surface area contributed by atoms with Crippen molar-refractivity contribution in [3.05, 3.63) is 492 Å². The first-order valence-electron chi connectivity index (χ1n) is 44.9. The van der Waals surface area contributed by atoms with Crippen molar-refractivity contribution in [2.24, 2.45) is 0 Å². The minimum Gasteiger partial charge on any atom is -0.192 e. The van der Waals surface area contributed by atoms with Gasteiger partial charge in [-0.15, -0.1) is 0 Å². The Labute approximate surface area is 755 Å². The van der Waals surface area contributed by atoms with Gasteiger partial charge in [-0.2, -0.15) is 5.26 Å². The molecular weight excluding hydrogens is 1550 g/mol. The van der Waals surface area contributed by atoms with Gasteiger partial charge in [0, 0.05) is 27.4 Å². The predicted molar refractivity (Wildman–Crippen MR) is 548 cm³/mol. The SMILES string of the molecule is CC1(C)c2ccccc2-c2c(-c3c4ccccc4c(-c4ccc(C#N)cc4)c4ccc(-c5ccccc5)cc34)cccc21.CC1(C)c2ccccc2-c2c(-c3c4ccccc4c(/C=C/c4ccccc4)c4ccc(-c5ccccc5)cc34)cccc21.CC1(C)c2ccccc2-c2c(-c3c4ccccc4c(C#Cc4ccccc4)c4ccc(-c5ccccc5)cc34)cccc21. The Bertz CT molecular complexity index is 8210. The molecule has 21 aromatic rings. The van der Waals surface area contributed by atoms with Crippen molar-refractivity contribution in [1.29, 1.82) is 5.26 Å². The maximum absolute atomic E-state index is 9.48. The van der Waals surface area contributed by atoms with Gasteiger partial charge in [0.05, 0.1) is 11.6 Å². The molecule has 1 nitrogen and oxygen atoms in total. The normalized spacial score (nSPS) is 13.1. The lowest BCUT2D eigenvalue weighted by Crippen LogP contribution is -2.14. The Balaban J connectivity index is 0.000000114. The molecule has 608 valence electrons. The molecule has 0 spiro atoms. The van der Waals surface area contributed by atoms with Crippen LogP contribution in [-0.2, 0) is 16.2 Å². The van der Waals surface area contributed by atoms with Crippen molar-refractivity contribution in [3.8, 4) is 129 Å². The highest BCUT2D eigenvalue weighted by Crippen LogP contribution is 2.59. The van der Waals surface area contributed by atoms with Gasteiger partial charge in [0.25, 0.3) is 0 Å². The summed E-state index contributed by atoms with van der Waals surface area (Å²) in [4.78, 5) is 0. The topological polar surface area (TPSA) is 23.8 Å². The van der Waals surface area contributed by atoms with Crippen molar-refractivity contribution in [3.63, 3.8) is 0 Å². The number of rotatable bonds is 9. The largest absolute Gasteiger partial charge is 0.192 e. The summed E-state index contributed by atoms with van der Waals surface area (Å²) in [7, 11) is 0. The Morgan fingerprint density at radius 2 is 0.488 bits per heavy atom. The Hall–Kier alpha value is -16.0. The van der Waals surface area contributed by atoms with Crippen LogP contribution in [0.2, 0.25) is 0 Å². The first kappa shape index (κ1) is 78.9. The summed E-state index contributed by atoms with van der Waals surface area (Å²) >= 11 is 0. The second-order valence-electron chi connectivity index (χ2n) is 36.0. The van der Waals surface area contributed by atoms with Gasteiger partial charge in [-0.05, 0) is 263 Å². The van der Waals surface area contributed by atoms with Crippen LogP contribution in [0.4, 0.5) is 0 Å². The fourth-order valence-corrected chi connectivity index (χ4v) is 21.5. The molecule has 0 fully saturated rings. The van der Waals surface area contributed by atoms with Crippen LogP contribution in [0.15, 0.2) is 431 Å². The minimum absolute atomic E-state index is 0.0545. The third kappa shape index (κ3) is 13.5. The van der Waals surface area contributed by atoms with Crippen LogP contribution >= 0.6 is 0 Å². The number of nitriles is 1. The standard InChI is InChI=1S/C43H32.C43H30.C42H29N/c2*1-43(2)39-22-12-11-20-36(39)42-37(21-13-23-40(42)43)41-35-19-10-9-18-32(35)33(26-24-29-14-5-3-6-15-29)34-27-25-31(28-38(34)41)30-16-7-4-8-17-30;1-42(2)37-17-9-8-15-34(37)41-35(16-10-18-38(41)42)40-32-14-7-6-13-31(32)39(29-21-19-27(26-43)20-22-29)33-24-23-30(25-36(33)40)28-11-4-3-5-12-28/h3-28H,1-2H3;3-23,25,27-28H,1-2H3;3-25H,1-2H3/b26-24+;;. The predicted octanol–water partition coefficient (Wildman–Crippen LogP) is 34.0. The van der Waals surface area contributed by atoms with Crippen LogP contribution < -0.4 is 0 Å². The molecule has 0 aliphatic heterocycles. The molecule has 0 aromatic heterocycles. The molecule has 0 N–H and O–H groups in total.